The average Bonchev–Trinajstić information content (AvgIpc) is 3.30. The van der Waals surface area contributed by atoms with Gasteiger partial charge in [0.05, 0.1) is 6.04 Å². The average molecular weight is 486 g/mol. The minimum atomic E-state index is -0.213. The van der Waals surface area contributed by atoms with Gasteiger partial charge in [0.15, 0.2) is 11.5 Å². The quantitative estimate of drug-likeness (QED) is 0.169. The van der Waals surface area contributed by atoms with Gasteiger partial charge in [-0.15, -0.1) is 4.59 Å². The fraction of sp³-hybridized carbons (Fsp3) is 0.0667. The topological polar surface area (TPSA) is 93.3 Å². The molecule has 7 heteroatoms. The summed E-state index contributed by atoms with van der Waals surface area (Å²) < 4.78 is -0.213. The molecule has 2 unspecified atom stereocenters. The fourth-order valence-corrected chi connectivity index (χ4v) is 4.70. The number of aliphatic imine (C=N–C) groups is 1. The Morgan fingerprint density at radius 2 is 1.70 bits per heavy atom. The standard InChI is InChI=1S/C30H25N6O/c1-20(21-8-3-2-4-9-21)34-30-32-17-16-28(35-30)36(31)19-33-26-18-23(14-15-27(26)36)29(37)25-13-7-11-22-10-5-6-12-24(22)25/h2-20H,31H2,1H3,(H,32,34,35)/q+1. The van der Waals surface area contributed by atoms with Crippen LogP contribution in [0.5, 0.6) is 0 Å². The third-order valence-corrected chi connectivity index (χ3v) is 6.71. The first kappa shape index (κ1) is 22.7. The number of carbonyl (C=O) groups excluding carboxylic acids is 1. The van der Waals surface area contributed by atoms with Crippen LogP contribution in [-0.4, -0.2) is 22.1 Å². The summed E-state index contributed by atoms with van der Waals surface area (Å²) in [6.07, 6.45) is 3.31. The zero-order valence-electron chi connectivity index (χ0n) is 20.2. The lowest BCUT2D eigenvalue weighted by Gasteiger charge is -2.23. The second-order valence-electron chi connectivity index (χ2n) is 9.10. The predicted molar refractivity (Wildman–Crippen MR) is 148 cm³/mol. The Hall–Kier alpha value is -4.72. The molecule has 5 aromatic rings. The summed E-state index contributed by atoms with van der Waals surface area (Å²) in [5.41, 5.74) is 3.72. The number of nitrogens with one attached hydrogen (secondary N) is 1. The molecule has 7 nitrogen and oxygen atoms in total. The molecular formula is C30H25N6O+. The van der Waals surface area contributed by atoms with Crippen LogP contribution in [0.3, 0.4) is 0 Å². The van der Waals surface area contributed by atoms with Gasteiger partial charge in [-0.25, -0.2) is 4.98 Å². The highest BCUT2D eigenvalue weighted by atomic mass is 16.1. The molecule has 1 aliphatic rings. The highest BCUT2D eigenvalue weighted by Gasteiger charge is 2.38. The molecule has 0 saturated heterocycles. The van der Waals surface area contributed by atoms with Crippen LogP contribution in [0, 0.1) is 0 Å². The van der Waals surface area contributed by atoms with Crippen molar-refractivity contribution in [1.82, 2.24) is 14.6 Å². The van der Waals surface area contributed by atoms with Crippen LogP contribution in [0.4, 0.5) is 23.1 Å². The van der Waals surface area contributed by atoms with Crippen molar-refractivity contribution in [2.45, 2.75) is 13.0 Å². The van der Waals surface area contributed by atoms with E-state index < -0.39 is 0 Å². The molecule has 0 fully saturated rings. The van der Waals surface area contributed by atoms with Gasteiger partial charge in [0.2, 0.25) is 12.3 Å². The van der Waals surface area contributed by atoms with Gasteiger partial charge in [0.25, 0.3) is 5.82 Å². The Labute approximate surface area is 214 Å². The van der Waals surface area contributed by atoms with E-state index in [4.69, 9.17) is 10.8 Å². The molecule has 0 spiro atoms. The maximum Gasteiger partial charge on any atom is 0.263 e. The van der Waals surface area contributed by atoms with Crippen molar-refractivity contribution >= 4 is 46.0 Å². The zero-order valence-corrected chi connectivity index (χ0v) is 20.2. The lowest BCUT2D eigenvalue weighted by molar-refractivity contribution is 0.104. The number of fused-ring (bicyclic) bond motifs is 2. The molecule has 2 atom stereocenters. The number of quaternary nitrogens is 1. The van der Waals surface area contributed by atoms with Gasteiger partial charge in [0, 0.05) is 29.5 Å². The smallest absolute Gasteiger partial charge is 0.263 e. The number of nitrogens with two attached hydrogens (primary N) is 1. The number of carbonyl (C=O) groups is 1. The first-order chi connectivity index (χ1) is 18.0. The van der Waals surface area contributed by atoms with Crippen molar-refractivity contribution in [1.29, 1.82) is 0 Å². The number of nitrogens with zero attached hydrogens (tertiary/aromatic N) is 4. The largest absolute Gasteiger partial charge is 0.348 e. The molecule has 0 bridgehead atoms. The Morgan fingerprint density at radius 1 is 0.919 bits per heavy atom. The predicted octanol–water partition coefficient (Wildman–Crippen LogP) is 6.22. The second kappa shape index (κ2) is 9.05. The number of hydrogen-bond acceptors (Lipinski definition) is 6. The lowest BCUT2D eigenvalue weighted by Crippen LogP contribution is -2.49. The summed E-state index contributed by atoms with van der Waals surface area (Å²) >= 11 is 0. The van der Waals surface area contributed by atoms with Crippen molar-refractivity contribution in [2.24, 2.45) is 10.8 Å². The fourth-order valence-electron chi connectivity index (χ4n) is 4.70. The molecule has 3 N–H and O–H groups in total. The van der Waals surface area contributed by atoms with Gasteiger partial charge in [-0.1, -0.05) is 72.8 Å². The molecule has 4 aromatic carbocycles. The highest BCUT2D eigenvalue weighted by Crippen LogP contribution is 2.41. The van der Waals surface area contributed by atoms with E-state index in [1.807, 2.05) is 66.7 Å². The molecule has 1 aliphatic heterocycles. The molecule has 0 saturated carbocycles. The van der Waals surface area contributed by atoms with Gasteiger partial charge in [-0.2, -0.15) is 15.8 Å². The van der Waals surface area contributed by atoms with Crippen molar-refractivity contribution < 1.29 is 4.79 Å². The molecule has 0 radical (unpaired) electrons. The van der Waals surface area contributed by atoms with Gasteiger partial charge >= 0.3 is 0 Å². The number of hydrogen-bond donors (Lipinski definition) is 2. The Kier molecular flexibility index (Phi) is 5.56. The van der Waals surface area contributed by atoms with Gasteiger partial charge in [-0.05, 0) is 35.4 Å². The van der Waals surface area contributed by atoms with Crippen LogP contribution in [-0.2, 0) is 0 Å². The van der Waals surface area contributed by atoms with Gasteiger partial charge in [0.1, 0.15) is 5.69 Å². The Morgan fingerprint density at radius 3 is 2.57 bits per heavy atom. The maximum atomic E-state index is 13.4. The van der Waals surface area contributed by atoms with Crippen molar-refractivity contribution in [3.63, 3.8) is 0 Å². The van der Waals surface area contributed by atoms with E-state index in [1.54, 1.807) is 30.7 Å². The SMILES string of the molecule is CC(Nc1nccc([N+]2(N)C=Nc3cc(C(=O)c4cccc5ccccc45)ccc32)n1)c1ccccc1. The number of benzene rings is 4. The zero-order chi connectivity index (χ0) is 25.4. The van der Waals surface area contributed by atoms with Crippen molar-refractivity contribution in [3.05, 3.63) is 120 Å². The molecule has 0 amide bonds. The van der Waals surface area contributed by atoms with Crippen LogP contribution in [0.15, 0.2) is 108 Å². The summed E-state index contributed by atoms with van der Waals surface area (Å²) in [4.78, 5) is 27.1. The highest BCUT2D eigenvalue weighted by molar-refractivity contribution is 6.17. The molecule has 6 rings (SSSR count). The summed E-state index contributed by atoms with van der Waals surface area (Å²) in [6, 6.07) is 31.0. The number of ketones is 1. The molecule has 180 valence electrons. The van der Waals surface area contributed by atoms with E-state index in [0.717, 1.165) is 22.0 Å². The van der Waals surface area contributed by atoms with Gasteiger partial charge < -0.3 is 5.32 Å². The summed E-state index contributed by atoms with van der Waals surface area (Å²) in [7, 11) is 0. The summed E-state index contributed by atoms with van der Waals surface area (Å²) in [5.74, 6) is 7.78. The van der Waals surface area contributed by atoms with Gasteiger partial charge in [-0.3, -0.25) is 4.79 Å². The molecule has 37 heavy (non-hydrogen) atoms. The van der Waals surface area contributed by atoms with Crippen LogP contribution in [0.25, 0.3) is 10.8 Å². The minimum Gasteiger partial charge on any atom is -0.348 e. The molecular weight excluding hydrogens is 460 g/mol. The monoisotopic (exact) mass is 485 g/mol. The van der Waals surface area contributed by atoms with Crippen LogP contribution < -0.4 is 15.8 Å². The van der Waals surface area contributed by atoms with E-state index in [0.29, 0.717) is 28.6 Å². The Bertz CT molecular complexity index is 1660. The first-order valence-electron chi connectivity index (χ1n) is 12.1. The third-order valence-electron chi connectivity index (χ3n) is 6.71. The first-order valence-corrected chi connectivity index (χ1v) is 12.1. The van der Waals surface area contributed by atoms with E-state index in [1.165, 1.54) is 0 Å². The molecule has 0 aliphatic carbocycles. The summed E-state index contributed by atoms with van der Waals surface area (Å²) in [6.45, 7) is 2.05. The van der Waals surface area contributed by atoms with Crippen LogP contribution in [0.1, 0.15) is 34.5 Å². The van der Waals surface area contributed by atoms with Crippen LogP contribution in [0.2, 0.25) is 0 Å². The van der Waals surface area contributed by atoms with Crippen molar-refractivity contribution in [2.75, 3.05) is 5.32 Å². The number of rotatable bonds is 6. The summed E-state index contributed by atoms with van der Waals surface area (Å²) in [5, 5.41) is 5.30. The third kappa shape index (κ3) is 4.06. The number of aromatic nitrogens is 2. The molecule has 2 heterocycles. The van der Waals surface area contributed by atoms with E-state index in [-0.39, 0.29) is 16.4 Å². The normalized spacial score (nSPS) is 16.9. The van der Waals surface area contributed by atoms with Crippen LogP contribution >= 0.6 is 0 Å². The minimum absolute atomic E-state index is 0.0184. The molecule has 1 aromatic heterocycles. The Balaban J connectivity index is 1.30. The second-order valence-corrected chi connectivity index (χ2v) is 9.10. The number of anilines is 1. The maximum absolute atomic E-state index is 13.4. The van der Waals surface area contributed by atoms with Crippen molar-refractivity contribution in [3.8, 4) is 0 Å². The van der Waals surface area contributed by atoms with E-state index in [9.17, 15) is 4.79 Å². The van der Waals surface area contributed by atoms with E-state index >= 15 is 0 Å². The van der Waals surface area contributed by atoms with E-state index in [2.05, 4.69) is 34.3 Å². The lowest BCUT2D eigenvalue weighted by atomic mass is 9.97.